The van der Waals surface area contributed by atoms with E-state index < -0.39 is 0 Å². The highest BCUT2D eigenvalue weighted by Gasteiger charge is 2.30. The molecule has 0 aromatic heterocycles. The summed E-state index contributed by atoms with van der Waals surface area (Å²) in [4.78, 5) is 2.37. The van der Waals surface area contributed by atoms with Crippen molar-refractivity contribution in [3.05, 3.63) is 0 Å². The fourth-order valence-corrected chi connectivity index (χ4v) is 2.96. The van der Waals surface area contributed by atoms with Gasteiger partial charge in [-0.1, -0.05) is 26.7 Å². The number of aliphatic hydroxyl groups excluding tert-OH is 1. The van der Waals surface area contributed by atoms with Crippen molar-refractivity contribution in [2.45, 2.75) is 78.0 Å². The monoisotopic (exact) mass is 270 g/mol. The summed E-state index contributed by atoms with van der Waals surface area (Å²) < 4.78 is 0. The van der Waals surface area contributed by atoms with E-state index in [9.17, 15) is 5.11 Å². The number of aliphatic hydroxyl groups is 1. The minimum Gasteiger partial charge on any atom is -0.391 e. The summed E-state index contributed by atoms with van der Waals surface area (Å²) in [6, 6.07) is 0.350. The van der Waals surface area contributed by atoms with E-state index in [1.807, 2.05) is 0 Å². The summed E-state index contributed by atoms with van der Waals surface area (Å²) in [5.74, 6) is 0. The Morgan fingerprint density at radius 1 is 1.11 bits per heavy atom. The van der Waals surface area contributed by atoms with E-state index in [4.69, 9.17) is 0 Å². The minimum atomic E-state index is -0.134. The Morgan fingerprint density at radius 2 is 1.68 bits per heavy atom. The molecule has 0 saturated heterocycles. The number of nitrogens with zero attached hydrogens (tertiary/aromatic N) is 1. The standard InChI is InChI=1S/C16H34N2O/c1-15(2,3)17-11-16(4,5)12-18(6)13-9-7-8-10-14(13)19/h13-14,17,19H,7-12H2,1-6H3. The second kappa shape index (κ2) is 6.55. The van der Waals surface area contributed by atoms with Crippen molar-refractivity contribution in [2.24, 2.45) is 5.41 Å². The zero-order valence-corrected chi connectivity index (χ0v) is 13.8. The van der Waals surface area contributed by atoms with E-state index in [-0.39, 0.29) is 17.1 Å². The van der Waals surface area contributed by atoms with Crippen molar-refractivity contribution in [1.82, 2.24) is 10.2 Å². The van der Waals surface area contributed by atoms with E-state index in [1.54, 1.807) is 0 Å². The molecule has 3 heteroatoms. The van der Waals surface area contributed by atoms with Gasteiger partial charge in [0.15, 0.2) is 0 Å². The highest BCUT2D eigenvalue weighted by atomic mass is 16.3. The van der Waals surface area contributed by atoms with Crippen LogP contribution in [0.2, 0.25) is 0 Å². The van der Waals surface area contributed by atoms with Gasteiger partial charge in [-0.3, -0.25) is 0 Å². The number of hydrogen-bond acceptors (Lipinski definition) is 3. The average molecular weight is 270 g/mol. The Balaban J connectivity index is 2.47. The maximum Gasteiger partial charge on any atom is 0.0695 e. The van der Waals surface area contributed by atoms with Gasteiger partial charge in [-0.05, 0) is 46.1 Å². The van der Waals surface area contributed by atoms with E-state index in [1.165, 1.54) is 12.8 Å². The third-order valence-electron chi connectivity index (χ3n) is 4.03. The van der Waals surface area contributed by atoms with Gasteiger partial charge in [0.05, 0.1) is 6.10 Å². The lowest BCUT2D eigenvalue weighted by Crippen LogP contribution is -2.50. The lowest BCUT2D eigenvalue weighted by Gasteiger charge is -2.40. The van der Waals surface area contributed by atoms with Crippen LogP contribution in [-0.2, 0) is 0 Å². The molecule has 1 rings (SSSR count). The van der Waals surface area contributed by atoms with Gasteiger partial charge in [0.25, 0.3) is 0 Å². The smallest absolute Gasteiger partial charge is 0.0695 e. The van der Waals surface area contributed by atoms with Crippen molar-refractivity contribution < 1.29 is 5.11 Å². The van der Waals surface area contributed by atoms with E-state index >= 15 is 0 Å². The maximum absolute atomic E-state index is 10.1. The molecule has 0 spiro atoms. The van der Waals surface area contributed by atoms with E-state index in [0.29, 0.717) is 6.04 Å². The first-order valence-corrected chi connectivity index (χ1v) is 7.74. The molecule has 0 aliphatic heterocycles. The predicted octanol–water partition coefficient (Wildman–Crippen LogP) is 2.64. The first-order valence-electron chi connectivity index (χ1n) is 7.74. The molecule has 2 N–H and O–H groups in total. The molecule has 2 unspecified atom stereocenters. The topological polar surface area (TPSA) is 35.5 Å². The van der Waals surface area contributed by atoms with Gasteiger partial charge in [0.2, 0.25) is 0 Å². The molecule has 114 valence electrons. The highest BCUT2D eigenvalue weighted by molar-refractivity contribution is 4.86. The van der Waals surface area contributed by atoms with Crippen LogP contribution < -0.4 is 5.32 Å². The lowest BCUT2D eigenvalue weighted by atomic mass is 9.87. The van der Waals surface area contributed by atoms with Crippen LogP contribution in [0.5, 0.6) is 0 Å². The quantitative estimate of drug-likeness (QED) is 0.806. The Hall–Kier alpha value is -0.120. The second-order valence-electron chi connectivity index (χ2n) is 8.10. The highest BCUT2D eigenvalue weighted by Crippen LogP contribution is 2.25. The molecule has 0 radical (unpaired) electrons. The third kappa shape index (κ3) is 6.24. The fraction of sp³-hybridized carbons (Fsp3) is 1.00. The fourth-order valence-electron chi connectivity index (χ4n) is 2.96. The molecular formula is C16H34N2O. The van der Waals surface area contributed by atoms with Crippen LogP contribution in [0.3, 0.4) is 0 Å². The van der Waals surface area contributed by atoms with Crippen molar-refractivity contribution in [3.63, 3.8) is 0 Å². The Labute approximate surface area is 119 Å². The molecule has 1 aliphatic carbocycles. The van der Waals surface area contributed by atoms with E-state index in [0.717, 1.165) is 25.9 Å². The lowest BCUT2D eigenvalue weighted by molar-refractivity contribution is 0.0164. The van der Waals surface area contributed by atoms with Gasteiger partial charge < -0.3 is 15.3 Å². The van der Waals surface area contributed by atoms with Crippen LogP contribution >= 0.6 is 0 Å². The van der Waals surface area contributed by atoms with Crippen molar-refractivity contribution in [3.8, 4) is 0 Å². The van der Waals surface area contributed by atoms with Crippen LogP contribution in [0.4, 0.5) is 0 Å². The predicted molar refractivity (Wildman–Crippen MR) is 82.4 cm³/mol. The van der Waals surface area contributed by atoms with Crippen molar-refractivity contribution in [1.29, 1.82) is 0 Å². The van der Waals surface area contributed by atoms with Gasteiger partial charge in [0.1, 0.15) is 0 Å². The summed E-state index contributed by atoms with van der Waals surface area (Å²) in [5.41, 5.74) is 0.388. The summed E-state index contributed by atoms with van der Waals surface area (Å²) >= 11 is 0. The second-order valence-corrected chi connectivity index (χ2v) is 8.10. The zero-order valence-electron chi connectivity index (χ0n) is 13.8. The number of likely N-dealkylation sites (N-methyl/N-ethyl adjacent to an activating group) is 1. The third-order valence-corrected chi connectivity index (χ3v) is 4.03. The van der Waals surface area contributed by atoms with Gasteiger partial charge in [-0.15, -0.1) is 0 Å². The summed E-state index contributed by atoms with van der Waals surface area (Å²) in [6.45, 7) is 13.3. The summed E-state index contributed by atoms with van der Waals surface area (Å²) in [5, 5.41) is 13.7. The molecule has 0 aromatic rings. The van der Waals surface area contributed by atoms with Crippen LogP contribution in [0.1, 0.15) is 60.3 Å². The summed E-state index contributed by atoms with van der Waals surface area (Å²) in [6.07, 6.45) is 4.41. The van der Waals surface area contributed by atoms with Crippen molar-refractivity contribution >= 4 is 0 Å². The van der Waals surface area contributed by atoms with Gasteiger partial charge in [-0.25, -0.2) is 0 Å². The molecule has 19 heavy (non-hydrogen) atoms. The van der Waals surface area contributed by atoms with Crippen LogP contribution in [-0.4, -0.2) is 47.8 Å². The van der Waals surface area contributed by atoms with E-state index in [2.05, 4.69) is 51.9 Å². The number of nitrogens with one attached hydrogen (secondary N) is 1. The molecule has 0 amide bonds. The molecule has 1 aliphatic rings. The van der Waals surface area contributed by atoms with Crippen molar-refractivity contribution in [2.75, 3.05) is 20.1 Å². The molecule has 0 aromatic carbocycles. The van der Waals surface area contributed by atoms with Gasteiger partial charge >= 0.3 is 0 Å². The largest absolute Gasteiger partial charge is 0.391 e. The van der Waals surface area contributed by atoms with Crippen LogP contribution in [0.15, 0.2) is 0 Å². The first kappa shape index (κ1) is 16.9. The maximum atomic E-state index is 10.1. The molecule has 2 atom stereocenters. The summed E-state index contributed by atoms with van der Waals surface area (Å²) in [7, 11) is 2.16. The Bertz CT molecular complexity index is 270. The molecule has 3 nitrogen and oxygen atoms in total. The molecular weight excluding hydrogens is 236 g/mol. The molecule has 1 saturated carbocycles. The van der Waals surface area contributed by atoms with Crippen LogP contribution in [0, 0.1) is 5.41 Å². The average Bonchev–Trinajstić information content (AvgIpc) is 2.25. The number of rotatable bonds is 5. The SMILES string of the molecule is CN(CC(C)(C)CNC(C)(C)C)C1CCCCC1O. The molecule has 0 bridgehead atoms. The normalized spacial score (nSPS) is 25.9. The molecule has 0 heterocycles. The first-order chi connectivity index (χ1) is 8.61. The molecule has 1 fully saturated rings. The van der Waals surface area contributed by atoms with Gasteiger partial charge in [0, 0.05) is 24.7 Å². The number of hydrogen-bond donors (Lipinski definition) is 2. The Morgan fingerprint density at radius 3 is 2.21 bits per heavy atom. The van der Waals surface area contributed by atoms with Gasteiger partial charge in [-0.2, -0.15) is 0 Å². The minimum absolute atomic E-state index is 0.134. The Kier molecular flexibility index (Phi) is 5.84. The van der Waals surface area contributed by atoms with Crippen LogP contribution in [0.25, 0.3) is 0 Å². The zero-order chi connectivity index (χ0) is 14.7.